The molecule has 1 aromatic carbocycles. The molecule has 1 atom stereocenters. The van der Waals surface area contributed by atoms with Crippen molar-refractivity contribution in [1.29, 1.82) is 0 Å². The molecule has 1 aliphatic rings. The number of benzene rings is 1. The fraction of sp³-hybridized carbons (Fsp3) is 0.400. The minimum atomic E-state index is -0.489. The number of anilines is 1. The number of carbonyl (C=O) groups is 2. The molecule has 2 aromatic rings. The molecule has 0 unspecified atom stereocenters. The highest BCUT2D eigenvalue weighted by Crippen LogP contribution is 2.31. The lowest BCUT2D eigenvalue weighted by Gasteiger charge is -2.24. The quantitative estimate of drug-likeness (QED) is 0.886. The van der Waals surface area contributed by atoms with E-state index in [4.69, 9.17) is 0 Å². The predicted octanol–water partition coefficient (Wildman–Crippen LogP) is 3.13. The summed E-state index contributed by atoms with van der Waals surface area (Å²) in [6, 6.07) is 9.61. The number of aryl methyl sites for hydroxylation is 3. The van der Waals surface area contributed by atoms with Gasteiger partial charge in [0.05, 0.1) is 12.6 Å². The lowest BCUT2D eigenvalue weighted by atomic mass is 10.1. The first kappa shape index (κ1) is 18.2. The molecule has 0 spiro atoms. The molecule has 138 valence electrons. The van der Waals surface area contributed by atoms with Crippen LogP contribution in [-0.4, -0.2) is 34.5 Å². The van der Waals surface area contributed by atoms with Crippen LogP contribution in [0, 0.1) is 13.8 Å². The molecule has 26 heavy (non-hydrogen) atoms. The third-order valence-corrected chi connectivity index (χ3v) is 4.92. The fourth-order valence-corrected chi connectivity index (χ4v) is 3.63. The van der Waals surface area contributed by atoms with Gasteiger partial charge in [0, 0.05) is 24.6 Å². The first-order chi connectivity index (χ1) is 12.4. The van der Waals surface area contributed by atoms with Crippen LogP contribution in [0.2, 0.25) is 0 Å². The number of carbonyl (C=O) groups excluding carboxylic acids is 2. The number of urea groups is 1. The van der Waals surface area contributed by atoms with E-state index in [0.717, 1.165) is 30.5 Å². The van der Waals surface area contributed by atoms with Gasteiger partial charge in [-0.2, -0.15) is 0 Å². The van der Waals surface area contributed by atoms with Gasteiger partial charge in [-0.1, -0.05) is 17.7 Å². The maximum absolute atomic E-state index is 12.3. The number of amides is 3. The van der Waals surface area contributed by atoms with Crippen molar-refractivity contribution in [3.8, 4) is 0 Å². The minimum absolute atomic E-state index is 0.218. The number of hydrogen-bond donors (Lipinski definition) is 2. The summed E-state index contributed by atoms with van der Waals surface area (Å²) in [7, 11) is 2.02. The maximum atomic E-state index is 12.3. The monoisotopic (exact) mass is 354 g/mol. The molecule has 0 radical (unpaired) electrons. The third-order valence-electron chi connectivity index (χ3n) is 4.92. The Kier molecular flexibility index (Phi) is 5.42. The van der Waals surface area contributed by atoms with Crippen molar-refractivity contribution < 1.29 is 9.59 Å². The number of nitrogens with zero attached hydrogens (tertiary/aromatic N) is 2. The van der Waals surface area contributed by atoms with Crippen molar-refractivity contribution >= 4 is 17.6 Å². The Labute approximate surface area is 154 Å². The molecular weight excluding hydrogens is 328 g/mol. The van der Waals surface area contributed by atoms with Crippen molar-refractivity contribution in [3.63, 3.8) is 0 Å². The van der Waals surface area contributed by atoms with Gasteiger partial charge in [-0.25, -0.2) is 4.79 Å². The van der Waals surface area contributed by atoms with Gasteiger partial charge in [0.15, 0.2) is 0 Å². The van der Waals surface area contributed by atoms with E-state index in [2.05, 4.69) is 26.2 Å². The molecule has 2 heterocycles. The number of aromatic nitrogens is 1. The molecule has 6 nitrogen and oxygen atoms in total. The average Bonchev–Trinajstić information content (AvgIpc) is 3.18. The van der Waals surface area contributed by atoms with Gasteiger partial charge in [-0.05, 0) is 57.0 Å². The van der Waals surface area contributed by atoms with Crippen LogP contribution in [0.1, 0.15) is 35.7 Å². The van der Waals surface area contributed by atoms with Crippen LogP contribution in [0.25, 0.3) is 0 Å². The van der Waals surface area contributed by atoms with Gasteiger partial charge >= 0.3 is 6.03 Å². The van der Waals surface area contributed by atoms with Crippen molar-refractivity contribution in [2.45, 2.75) is 32.7 Å². The third kappa shape index (κ3) is 4.14. The molecule has 0 bridgehead atoms. The van der Waals surface area contributed by atoms with Gasteiger partial charge in [-0.3, -0.25) is 15.0 Å². The number of imide groups is 1. The second-order valence-electron chi connectivity index (χ2n) is 6.99. The first-order valence-corrected chi connectivity index (χ1v) is 8.97. The summed E-state index contributed by atoms with van der Waals surface area (Å²) in [5.74, 6) is -0.284. The predicted molar refractivity (Wildman–Crippen MR) is 102 cm³/mol. The molecule has 1 fully saturated rings. The first-order valence-electron chi connectivity index (χ1n) is 8.97. The van der Waals surface area contributed by atoms with Crippen molar-refractivity contribution in [1.82, 2.24) is 14.8 Å². The second-order valence-corrected chi connectivity index (χ2v) is 6.99. The van der Waals surface area contributed by atoms with Crippen molar-refractivity contribution in [2.75, 3.05) is 18.4 Å². The molecular formula is C20H26N4O2. The Bertz CT molecular complexity index is 812. The van der Waals surface area contributed by atoms with Crippen molar-refractivity contribution in [3.05, 3.63) is 53.3 Å². The molecule has 1 aliphatic heterocycles. The standard InChI is InChI=1S/C20H26N4O2/c1-14-8-9-16(15(2)12-14)21-20(26)22-19(25)13-24-11-5-7-18(24)17-6-4-10-23(17)3/h4,6,8-10,12,18H,5,7,11,13H2,1-3H3,(H2,21,22,25,26)/t18-/m1/s1. The lowest BCUT2D eigenvalue weighted by molar-refractivity contribution is -0.121. The van der Waals surface area contributed by atoms with E-state index < -0.39 is 6.03 Å². The Morgan fingerprint density at radius 1 is 1.23 bits per heavy atom. The summed E-state index contributed by atoms with van der Waals surface area (Å²) in [5, 5.41) is 5.19. The Hall–Kier alpha value is -2.60. The van der Waals surface area contributed by atoms with E-state index in [1.807, 2.05) is 51.4 Å². The van der Waals surface area contributed by atoms with E-state index in [9.17, 15) is 9.59 Å². The second kappa shape index (κ2) is 7.74. The Balaban J connectivity index is 1.56. The van der Waals surface area contributed by atoms with E-state index in [-0.39, 0.29) is 18.5 Å². The molecule has 6 heteroatoms. The molecule has 3 amide bonds. The van der Waals surface area contributed by atoms with Crippen LogP contribution in [0.5, 0.6) is 0 Å². The molecule has 1 aromatic heterocycles. The molecule has 3 rings (SSSR count). The van der Waals surface area contributed by atoms with Crippen LogP contribution >= 0.6 is 0 Å². The molecule has 1 saturated heterocycles. The highest BCUT2D eigenvalue weighted by atomic mass is 16.2. The Morgan fingerprint density at radius 3 is 2.73 bits per heavy atom. The van der Waals surface area contributed by atoms with Gasteiger partial charge in [-0.15, -0.1) is 0 Å². The summed E-state index contributed by atoms with van der Waals surface area (Å²) >= 11 is 0. The zero-order chi connectivity index (χ0) is 18.7. The highest BCUT2D eigenvalue weighted by molar-refractivity contribution is 6.02. The van der Waals surface area contributed by atoms with Gasteiger partial charge in [0.1, 0.15) is 0 Å². The zero-order valence-electron chi connectivity index (χ0n) is 15.6. The van der Waals surface area contributed by atoms with E-state index in [0.29, 0.717) is 5.69 Å². The van der Waals surface area contributed by atoms with Crippen LogP contribution in [0.4, 0.5) is 10.5 Å². The summed E-state index contributed by atoms with van der Waals surface area (Å²) < 4.78 is 2.09. The SMILES string of the molecule is Cc1ccc(NC(=O)NC(=O)CN2CCC[C@@H]2c2cccn2C)c(C)c1. The van der Waals surface area contributed by atoms with E-state index in [1.165, 1.54) is 5.69 Å². The van der Waals surface area contributed by atoms with Crippen LogP contribution < -0.4 is 10.6 Å². The van der Waals surface area contributed by atoms with Gasteiger partial charge in [0.2, 0.25) is 5.91 Å². The van der Waals surface area contributed by atoms with Gasteiger partial charge < -0.3 is 9.88 Å². The number of likely N-dealkylation sites (tertiary alicyclic amines) is 1. The molecule has 0 saturated carbocycles. The summed E-state index contributed by atoms with van der Waals surface area (Å²) in [6.45, 7) is 5.01. The molecule has 2 N–H and O–H groups in total. The largest absolute Gasteiger partial charge is 0.353 e. The fourth-order valence-electron chi connectivity index (χ4n) is 3.63. The lowest BCUT2D eigenvalue weighted by Crippen LogP contribution is -2.41. The van der Waals surface area contributed by atoms with Crippen LogP contribution in [0.3, 0.4) is 0 Å². The topological polar surface area (TPSA) is 66.4 Å². The minimum Gasteiger partial charge on any atom is -0.353 e. The normalized spacial score (nSPS) is 17.3. The Morgan fingerprint density at radius 2 is 2.04 bits per heavy atom. The summed E-state index contributed by atoms with van der Waals surface area (Å²) in [5.41, 5.74) is 4.01. The zero-order valence-corrected chi connectivity index (χ0v) is 15.6. The number of rotatable bonds is 4. The summed E-state index contributed by atoms with van der Waals surface area (Å²) in [6.07, 6.45) is 4.10. The van der Waals surface area contributed by atoms with Gasteiger partial charge in [0.25, 0.3) is 0 Å². The average molecular weight is 354 g/mol. The number of hydrogen-bond acceptors (Lipinski definition) is 3. The highest BCUT2D eigenvalue weighted by Gasteiger charge is 2.29. The maximum Gasteiger partial charge on any atom is 0.325 e. The molecule has 0 aliphatic carbocycles. The van der Waals surface area contributed by atoms with Crippen LogP contribution in [0.15, 0.2) is 36.5 Å². The van der Waals surface area contributed by atoms with E-state index in [1.54, 1.807) is 0 Å². The van der Waals surface area contributed by atoms with Crippen molar-refractivity contribution in [2.24, 2.45) is 7.05 Å². The van der Waals surface area contributed by atoms with E-state index >= 15 is 0 Å². The summed E-state index contributed by atoms with van der Waals surface area (Å²) in [4.78, 5) is 26.6. The smallest absolute Gasteiger partial charge is 0.325 e. The van der Waals surface area contributed by atoms with Crippen LogP contribution in [-0.2, 0) is 11.8 Å². The number of nitrogens with one attached hydrogen (secondary N) is 2.